The van der Waals surface area contributed by atoms with Crippen LogP contribution in [-0.2, 0) is 21.3 Å². The Hall–Kier alpha value is -1.68. The largest absolute Gasteiger partial charge is 0.383 e. The Labute approximate surface area is 145 Å². The van der Waals surface area contributed by atoms with Crippen molar-refractivity contribution < 1.29 is 13.2 Å². The minimum Gasteiger partial charge on any atom is -0.383 e. The Morgan fingerprint density at radius 3 is 3.00 bits per heavy atom. The minimum atomic E-state index is -3.87. The molecule has 1 fully saturated rings. The maximum absolute atomic E-state index is 12.6. The van der Waals surface area contributed by atoms with Gasteiger partial charge in [0.05, 0.1) is 17.3 Å². The molecule has 8 nitrogen and oxygen atoms in total. The Morgan fingerprint density at radius 2 is 2.29 bits per heavy atom. The molecule has 2 atom stereocenters. The van der Waals surface area contributed by atoms with Crippen molar-refractivity contribution in [1.29, 1.82) is 0 Å². The summed E-state index contributed by atoms with van der Waals surface area (Å²) in [7, 11) is -3.87. The Morgan fingerprint density at radius 1 is 1.50 bits per heavy atom. The summed E-state index contributed by atoms with van der Waals surface area (Å²) in [6.45, 7) is 3.16. The summed E-state index contributed by atoms with van der Waals surface area (Å²) < 4.78 is 35.4. The average Bonchev–Trinajstić information content (AvgIpc) is 3.17. The van der Waals surface area contributed by atoms with E-state index < -0.39 is 22.2 Å². The van der Waals surface area contributed by atoms with E-state index in [-0.39, 0.29) is 15.7 Å². The monoisotopic (exact) mass is 371 g/mol. The van der Waals surface area contributed by atoms with Crippen LogP contribution in [0.15, 0.2) is 29.6 Å². The van der Waals surface area contributed by atoms with Gasteiger partial charge < -0.3 is 10.5 Å². The van der Waals surface area contributed by atoms with Gasteiger partial charge in [0.2, 0.25) is 10.0 Å². The third-order valence-corrected chi connectivity index (χ3v) is 5.57. The minimum absolute atomic E-state index is 0.0961. The second-order valence-corrected chi connectivity index (χ2v) is 7.59. The number of nitrogens with one attached hydrogen (secondary N) is 1. The number of aryl methyl sites for hydroxylation is 1. The first kappa shape index (κ1) is 17.2. The number of hydrogen-bond acceptors (Lipinski definition) is 6. The molecule has 0 unspecified atom stereocenters. The van der Waals surface area contributed by atoms with Crippen molar-refractivity contribution in [2.75, 3.05) is 12.3 Å². The van der Waals surface area contributed by atoms with E-state index in [1.807, 2.05) is 13.1 Å². The first-order chi connectivity index (χ1) is 11.4. The zero-order valence-electron chi connectivity index (χ0n) is 13.0. The fraction of sp³-hybridized carbons (Fsp3) is 0.429. The average molecular weight is 372 g/mol. The van der Waals surface area contributed by atoms with Gasteiger partial charge in [-0.3, -0.25) is 4.68 Å². The summed E-state index contributed by atoms with van der Waals surface area (Å²) in [6.07, 6.45) is 5.00. The molecule has 0 aliphatic carbocycles. The number of hydrogen-bond donors (Lipinski definition) is 2. The number of sulfonamides is 1. The van der Waals surface area contributed by atoms with Crippen LogP contribution in [0.1, 0.15) is 25.0 Å². The molecule has 10 heteroatoms. The van der Waals surface area contributed by atoms with Crippen LogP contribution in [0.5, 0.6) is 0 Å². The van der Waals surface area contributed by atoms with Gasteiger partial charge in [-0.2, -0.15) is 5.10 Å². The summed E-state index contributed by atoms with van der Waals surface area (Å²) in [5.41, 5.74) is 6.52. The number of nitrogen functional groups attached to an aromatic ring is 1. The number of nitrogens with zero attached hydrogens (tertiary/aromatic N) is 3. The highest BCUT2D eigenvalue weighted by Gasteiger charge is 2.35. The highest BCUT2D eigenvalue weighted by molar-refractivity contribution is 7.89. The van der Waals surface area contributed by atoms with Gasteiger partial charge in [-0.1, -0.05) is 11.6 Å². The summed E-state index contributed by atoms with van der Waals surface area (Å²) in [5.74, 6) is -0.0961. The smallest absolute Gasteiger partial charge is 0.244 e. The molecule has 1 aliphatic heterocycles. The normalized spacial score (nSPS) is 21.2. The molecule has 0 radical (unpaired) electrons. The third-order valence-electron chi connectivity index (χ3n) is 3.84. The zero-order chi connectivity index (χ0) is 17.3. The molecule has 0 aromatic carbocycles. The quantitative estimate of drug-likeness (QED) is 0.820. The molecule has 2 aromatic rings. The van der Waals surface area contributed by atoms with Crippen LogP contribution in [0.3, 0.4) is 0 Å². The summed E-state index contributed by atoms with van der Waals surface area (Å²) in [6, 6.07) is 0.870. The first-order valence-electron chi connectivity index (χ1n) is 7.48. The molecular formula is C14H18ClN5O3S. The van der Waals surface area contributed by atoms with Crippen molar-refractivity contribution in [2.24, 2.45) is 0 Å². The number of halogens is 1. The molecule has 0 bridgehead atoms. The fourth-order valence-electron chi connectivity index (χ4n) is 2.65. The Bertz CT molecular complexity index is 839. The van der Waals surface area contributed by atoms with E-state index in [1.54, 1.807) is 10.9 Å². The lowest BCUT2D eigenvalue weighted by atomic mass is 10.1. The Balaban J connectivity index is 1.84. The van der Waals surface area contributed by atoms with Crippen LogP contribution in [0.4, 0.5) is 5.82 Å². The molecule has 0 saturated carbocycles. The van der Waals surface area contributed by atoms with Crippen molar-refractivity contribution in [3.63, 3.8) is 0 Å². The lowest BCUT2D eigenvalue weighted by Gasteiger charge is -2.19. The highest BCUT2D eigenvalue weighted by atomic mass is 35.5. The molecule has 0 spiro atoms. The molecule has 2 aromatic heterocycles. The SMILES string of the molecule is CCn1cc([C@H]2OCC[C@@H]2NS(=O)(=O)c2cc(Cl)cnc2N)cn1. The van der Waals surface area contributed by atoms with E-state index >= 15 is 0 Å². The zero-order valence-corrected chi connectivity index (χ0v) is 14.6. The van der Waals surface area contributed by atoms with Gasteiger partial charge in [-0.05, 0) is 19.4 Å². The highest BCUT2D eigenvalue weighted by Crippen LogP contribution is 2.31. The maximum Gasteiger partial charge on any atom is 0.244 e. The summed E-state index contributed by atoms with van der Waals surface area (Å²) >= 11 is 5.84. The van der Waals surface area contributed by atoms with Gasteiger partial charge in [0.15, 0.2) is 0 Å². The number of rotatable bonds is 5. The lowest BCUT2D eigenvalue weighted by molar-refractivity contribution is 0.102. The number of anilines is 1. The van der Waals surface area contributed by atoms with Crippen LogP contribution >= 0.6 is 11.6 Å². The summed E-state index contributed by atoms with van der Waals surface area (Å²) in [4.78, 5) is 3.66. The molecule has 0 amide bonds. The van der Waals surface area contributed by atoms with Gasteiger partial charge in [0.1, 0.15) is 16.8 Å². The second-order valence-electron chi connectivity index (χ2n) is 5.47. The predicted molar refractivity (Wildman–Crippen MR) is 89.0 cm³/mol. The predicted octanol–water partition coefficient (Wildman–Crippen LogP) is 1.34. The van der Waals surface area contributed by atoms with Crippen molar-refractivity contribution >= 4 is 27.4 Å². The van der Waals surface area contributed by atoms with Crippen molar-refractivity contribution in [3.8, 4) is 0 Å². The number of nitrogens with two attached hydrogens (primary N) is 1. The molecule has 3 N–H and O–H groups in total. The first-order valence-corrected chi connectivity index (χ1v) is 9.34. The number of aromatic nitrogens is 3. The standard InChI is InChI=1S/C14H18ClN5O3S/c1-2-20-8-9(6-18-20)13-11(3-4-23-13)19-24(21,22)12-5-10(15)7-17-14(12)16/h5-8,11,13,19H,2-4H2,1H3,(H2,16,17)/t11-,13+/m0/s1. The number of ether oxygens (including phenoxy) is 1. The second kappa shape index (κ2) is 6.67. The van der Waals surface area contributed by atoms with Crippen LogP contribution in [0.2, 0.25) is 5.02 Å². The van der Waals surface area contributed by atoms with E-state index in [0.29, 0.717) is 13.0 Å². The van der Waals surface area contributed by atoms with E-state index in [2.05, 4.69) is 14.8 Å². The van der Waals surface area contributed by atoms with E-state index in [0.717, 1.165) is 12.1 Å². The molecule has 1 aliphatic rings. The van der Waals surface area contributed by atoms with Crippen molar-refractivity contribution in [3.05, 3.63) is 35.2 Å². The third kappa shape index (κ3) is 3.39. The van der Waals surface area contributed by atoms with Crippen LogP contribution in [0.25, 0.3) is 0 Å². The van der Waals surface area contributed by atoms with Gasteiger partial charge in [0, 0.05) is 31.1 Å². The van der Waals surface area contributed by atoms with Crippen LogP contribution in [0, 0.1) is 0 Å². The maximum atomic E-state index is 12.6. The van der Waals surface area contributed by atoms with Gasteiger partial charge in [-0.15, -0.1) is 0 Å². The topological polar surface area (TPSA) is 112 Å². The van der Waals surface area contributed by atoms with Crippen LogP contribution in [-0.4, -0.2) is 35.8 Å². The van der Waals surface area contributed by atoms with E-state index in [9.17, 15) is 8.42 Å². The fourth-order valence-corrected chi connectivity index (χ4v) is 4.25. The molecule has 3 heterocycles. The molecule has 1 saturated heterocycles. The summed E-state index contributed by atoms with van der Waals surface area (Å²) in [5, 5.41) is 4.41. The molecule has 24 heavy (non-hydrogen) atoms. The van der Waals surface area contributed by atoms with Crippen molar-refractivity contribution in [1.82, 2.24) is 19.5 Å². The molecule has 3 rings (SSSR count). The van der Waals surface area contributed by atoms with Gasteiger partial charge in [-0.25, -0.2) is 18.1 Å². The lowest BCUT2D eigenvalue weighted by Crippen LogP contribution is -2.37. The van der Waals surface area contributed by atoms with Crippen LogP contribution < -0.4 is 10.5 Å². The molecular weight excluding hydrogens is 354 g/mol. The van der Waals surface area contributed by atoms with E-state index in [4.69, 9.17) is 22.1 Å². The van der Waals surface area contributed by atoms with Gasteiger partial charge in [0.25, 0.3) is 0 Å². The van der Waals surface area contributed by atoms with Crippen molar-refractivity contribution in [2.45, 2.75) is 36.9 Å². The number of pyridine rings is 1. The van der Waals surface area contributed by atoms with E-state index in [1.165, 1.54) is 12.3 Å². The van der Waals surface area contributed by atoms with Gasteiger partial charge >= 0.3 is 0 Å². The Kier molecular flexibility index (Phi) is 4.77. The molecule has 130 valence electrons.